The molecule has 1 aromatic rings. The Hall–Kier alpha value is -1.37. The number of hydrogen-bond acceptors (Lipinski definition) is 1. The molecule has 80 valence electrons. The van der Waals surface area contributed by atoms with Crippen LogP contribution in [0.4, 0.5) is 0 Å². The Morgan fingerprint density at radius 3 is 2.27 bits per heavy atom. The molecular weight excluding hydrogens is 184 g/mol. The second-order valence-electron chi connectivity index (χ2n) is 4.11. The summed E-state index contributed by atoms with van der Waals surface area (Å²) in [5, 5.41) is 0. The summed E-state index contributed by atoms with van der Waals surface area (Å²) in [6.07, 6.45) is 1.83. The van der Waals surface area contributed by atoms with Crippen molar-refractivity contribution in [2.45, 2.75) is 20.8 Å². The van der Waals surface area contributed by atoms with Gasteiger partial charge in [-0.25, -0.2) is 0 Å². The van der Waals surface area contributed by atoms with Crippen LogP contribution in [0, 0.1) is 18.8 Å². The van der Waals surface area contributed by atoms with Crippen molar-refractivity contribution in [2.24, 2.45) is 11.8 Å². The van der Waals surface area contributed by atoms with Crippen LogP contribution in [0.2, 0.25) is 0 Å². The summed E-state index contributed by atoms with van der Waals surface area (Å²) in [7, 11) is 0. The summed E-state index contributed by atoms with van der Waals surface area (Å²) < 4.78 is 0. The molecule has 0 spiro atoms. The number of benzene rings is 1. The molecule has 0 amide bonds. The first-order chi connectivity index (χ1) is 7.06. The molecule has 0 saturated carbocycles. The van der Waals surface area contributed by atoms with Gasteiger partial charge in [-0.3, -0.25) is 4.79 Å². The summed E-state index contributed by atoms with van der Waals surface area (Å²) in [5.41, 5.74) is 1.97. The lowest BCUT2D eigenvalue weighted by Gasteiger charge is -2.14. The van der Waals surface area contributed by atoms with Crippen molar-refractivity contribution >= 4 is 5.78 Å². The molecule has 2 atom stereocenters. The van der Waals surface area contributed by atoms with Crippen LogP contribution in [0.15, 0.2) is 36.9 Å². The van der Waals surface area contributed by atoms with E-state index in [1.54, 1.807) is 0 Å². The number of rotatable bonds is 4. The maximum atomic E-state index is 12.0. The van der Waals surface area contributed by atoms with Gasteiger partial charge in [0.05, 0.1) is 0 Å². The van der Waals surface area contributed by atoms with E-state index in [-0.39, 0.29) is 17.6 Å². The van der Waals surface area contributed by atoms with Gasteiger partial charge in [0, 0.05) is 11.5 Å². The van der Waals surface area contributed by atoms with Crippen LogP contribution in [-0.4, -0.2) is 5.78 Å². The lowest BCUT2D eigenvalue weighted by Crippen LogP contribution is -2.17. The average Bonchev–Trinajstić information content (AvgIpc) is 2.27. The predicted octanol–water partition coefficient (Wildman–Crippen LogP) is 3.64. The molecule has 1 rings (SSSR count). The van der Waals surface area contributed by atoms with Crippen LogP contribution in [-0.2, 0) is 0 Å². The van der Waals surface area contributed by atoms with Gasteiger partial charge in [-0.05, 0) is 12.8 Å². The minimum absolute atomic E-state index is 0.00482. The van der Waals surface area contributed by atoms with E-state index >= 15 is 0 Å². The number of allylic oxidation sites excluding steroid dienone is 1. The smallest absolute Gasteiger partial charge is 0.166 e. The number of carbonyl (C=O) groups excluding carboxylic acids is 1. The molecule has 0 fully saturated rings. The van der Waals surface area contributed by atoms with Gasteiger partial charge in [-0.15, -0.1) is 6.58 Å². The SMILES string of the molecule is C=CC(C)C(C)C(=O)c1ccc(C)cc1. The maximum absolute atomic E-state index is 12.0. The quantitative estimate of drug-likeness (QED) is 0.538. The molecule has 0 bridgehead atoms. The highest BCUT2D eigenvalue weighted by atomic mass is 16.1. The van der Waals surface area contributed by atoms with Gasteiger partial charge < -0.3 is 0 Å². The molecule has 0 N–H and O–H groups in total. The molecule has 1 heteroatoms. The van der Waals surface area contributed by atoms with Crippen molar-refractivity contribution in [1.29, 1.82) is 0 Å². The third-order valence-corrected chi connectivity index (χ3v) is 2.91. The second-order valence-corrected chi connectivity index (χ2v) is 4.11. The fraction of sp³-hybridized carbons (Fsp3) is 0.357. The molecular formula is C14H18O. The Bertz CT molecular complexity index is 348. The summed E-state index contributed by atoms with van der Waals surface area (Å²) in [4.78, 5) is 12.0. The number of Topliss-reactive ketones (excluding diaryl/α,β-unsaturated/α-hetero) is 1. The zero-order chi connectivity index (χ0) is 11.4. The van der Waals surface area contributed by atoms with Crippen LogP contribution in [0.25, 0.3) is 0 Å². The minimum atomic E-state index is 0.00482. The standard InChI is InChI=1S/C14H18O/c1-5-11(3)12(4)14(15)13-8-6-10(2)7-9-13/h5-9,11-12H,1H2,2-4H3. The van der Waals surface area contributed by atoms with Crippen LogP contribution in [0.5, 0.6) is 0 Å². The summed E-state index contributed by atoms with van der Waals surface area (Å²) in [6.45, 7) is 9.71. The number of carbonyl (C=O) groups is 1. The third-order valence-electron chi connectivity index (χ3n) is 2.91. The lowest BCUT2D eigenvalue weighted by atomic mass is 9.88. The van der Waals surface area contributed by atoms with Crippen LogP contribution in [0.3, 0.4) is 0 Å². The van der Waals surface area contributed by atoms with Crippen LogP contribution >= 0.6 is 0 Å². The van der Waals surface area contributed by atoms with Crippen LogP contribution < -0.4 is 0 Å². The van der Waals surface area contributed by atoms with Gasteiger partial charge in [-0.2, -0.15) is 0 Å². The first-order valence-corrected chi connectivity index (χ1v) is 5.29. The molecule has 0 aliphatic heterocycles. The predicted molar refractivity (Wildman–Crippen MR) is 64.0 cm³/mol. The number of hydrogen-bond donors (Lipinski definition) is 0. The van der Waals surface area contributed by atoms with Crippen molar-refractivity contribution < 1.29 is 4.79 Å². The minimum Gasteiger partial charge on any atom is -0.294 e. The molecule has 0 aromatic heterocycles. The number of aryl methyl sites for hydroxylation is 1. The number of ketones is 1. The molecule has 2 unspecified atom stereocenters. The Morgan fingerprint density at radius 1 is 1.27 bits per heavy atom. The van der Waals surface area contributed by atoms with Gasteiger partial charge in [0.15, 0.2) is 5.78 Å². The van der Waals surface area contributed by atoms with Gasteiger partial charge in [-0.1, -0.05) is 49.8 Å². The summed E-state index contributed by atoms with van der Waals surface area (Å²) in [6, 6.07) is 7.73. The van der Waals surface area contributed by atoms with E-state index in [1.807, 2.05) is 51.1 Å². The van der Waals surface area contributed by atoms with E-state index in [0.29, 0.717) is 0 Å². The van der Waals surface area contributed by atoms with E-state index in [2.05, 4.69) is 6.58 Å². The normalized spacial score (nSPS) is 14.3. The zero-order valence-corrected chi connectivity index (χ0v) is 9.66. The summed E-state index contributed by atoms with van der Waals surface area (Å²) in [5.74, 6) is 0.423. The molecule has 0 saturated heterocycles. The van der Waals surface area contributed by atoms with E-state index in [0.717, 1.165) is 5.56 Å². The van der Waals surface area contributed by atoms with Gasteiger partial charge >= 0.3 is 0 Å². The first kappa shape index (κ1) is 11.7. The summed E-state index contributed by atoms with van der Waals surface area (Å²) >= 11 is 0. The highest BCUT2D eigenvalue weighted by Gasteiger charge is 2.18. The van der Waals surface area contributed by atoms with Crippen LogP contribution in [0.1, 0.15) is 29.8 Å². The van der Waals surface area contributed by atoms with Crippen molar-refractivity contribution in [1.82, 2.24) is 0 Å². The van der Waals surface area contributed by atoms with Crippen molar-refractivity contribution in [3.63, 3.8) is 0 Å². The molecule has 0 aliphatic carbocycles. The largest absolute Gasteiger partial charge is 0.294 e. The Morgan fingerprint density at radius 2 is 1.80 bits per heavy atom. The van der Waals surface area contributed by atoms with E-state index in [9.17, 15) is 4.79 Å². The Kier molecular flexibility index (Phi) is 3.84. The third kappa shape index (κ3) is 2.79. The zero-order valence-electron chi connectivity index (χ0n) is 9.66. The molecule has 0 heterocycles. The lowest BCUT2D eigenvalue weighted by molar-refractivity contribution is 0.0908. The monoisotopic (exact) mass is 202 g/mol. The molecule has 15 heavy (non-hydrogen) atoms. The van der Waals surface area contributed by atoms with Gasteiger partial charge in [0.25, 0.3) is 0 Å². The Labute approximate surface area is 91.8 Å². The molecule has 1 aromatic carbocycles. The average molecular weight is 202 g/mol. The first-order valence-electron chi connectivity index (χ1n) is 5.29. The van der Waals surface area contributed by atoms with E-state index in [1.165, 1.54) is 5.56 Å². The highest BCUT2D eigenvalue weighted by molar-refractivity contribution is 5.97. The molecule has 0 aliphatic rings. The second kappa shape index (κ2) is 4.92. The van der Waals surface area contributed by atoms with Crippen molar-refractivity contribution in [2.75, 3.05) is 0 Å². The molecule has 0 radical (unpaired) electrons. The van der Waals surface area contributed by atoms with Gasteiger partial charge in [0.2, 0.25) is 0 Å². The highest BCUT2D eigenvalue weighted by Crippen LogP contribution is 2.18. The fourth-order valence-electron chi connectivity index (χ4n) is 1.42. The molecule has 1 nitrogen and oxygen atoms in total. The Balaban J connectivity index is 2.85. The van der Waals surface area contributed by atoms with Crippen molar-refractivity contribution in [3.05, 3.63) is 48.0 Å². The van der Waals surface area contributed by atoms with E-state index < -0.39 is 0 Å². The van der Waals surface area contributed by atoms with Gasteiger partial charge in [0.1, 0.15) is 0 Å². The fourth-order valence-corrected chi connectivity index (χ4v) is 1.42. The maximum Gasteiger partial charge on any atom is 0.166 e. The topological polar surface area (TPSA) is 17.1 Å². The van der Waals surface area contributed by atoms with E-state index in [4.69, 9.17) is 0 Å². The van der Waals surface area contributed by atoms with Crippen molar-refractivity contribution in [3.8, 4) is 0 Å².